The highest BCUT2D eigenvalue weighted by atomic mass is 16.5. The minimum Gasteiger partial charge on any atom is -0.495 e. The molecule has 0 saturated heterocycles. The second kappa shape index (κ2) is 4.42. The molecule has 3 nitrogen and oxygen atoms in total. The minimum atomic E-state index is -0.809. The number of pyridine rings is 1. The van der Waals surface area contributed by atoms with E-state index in [-0.39, 0.29) is 0 Å². The quantitative estimate of drug-likeness (QED) is 0.800. The summed E-state index contributed by atoms with van der Waals surface area (Å²) in [5.74, 6) is 0.680. The van der Waals surface area contributed by atoms with E-state index < -0.39 is 5.60 Å². The molecule has 0 fully saturated rings. The fourth-order valence-corrected chi connectivity index (χ4v) is 1.46. The van der Waals surface area contributed by atoms with Crippen molar-refractivity contribution in [2.24, 2.45) is 0 Å². The van der Waals surface area contributed by atoms with Gasteiger partial charge in [-0.25, -0.2) is 0 Å². The second-order valence-electron chi connectivity index (χ2n) is 3.64. The van der Waals surface area contributed by atoms with Crippen molar-refractivity contribution in [2.45, 2.75) is 32.3 Å². The van der Waals surface area contributed by atoms with Gasteiger partial charge >= 0.3 is 0 Å². The standard InChI is InChI=1S/C11H17NO2/c1-4-5-11(2,13)9-6-10(14-3)8-12-7-9/h6-8,13H,4-5H2,1-3H3. The van der Waals surface area contributed by atoms with Gasteiger partial charge in [-0.05, 0) is 19.4 Å². The lowest BCUT2D eigenvalue weighted by molar-refractivity contribution is 0.0464. The van der Waals surface area contributed by atoms with Gasteiger partial charge in [0.15, 0.2) is 0 Å². The summed E-state index contributed by atoms with van der Waals surface area (Å²) in [5, 5.41) is 10.1. The van der Waals surface area contributed by atoms with E-state index in [0.717, 1.165) is 18.4 Å². The van der Waals surface area contributed by atoms with Crippen molar-refractivity contribution in [2.75, 3.05) is 7.11 Å². The SMILES string of the molecule is CCCC(C)(O)c1cncc(OC)c1. The van der Waals surface area contributed by atoms with Crippen LogP contribution in [0.25, 0.3) is 0 Å². The fraction of sp³-hybridized carbons (Fsp3) is 0.545. The van der Waals surface area contributed by atoms with Gasteiger partial charge in [-0.15, -0.1) is 0 Å². The van der Waals surface area contributed by atoms with E-state index in [4.69, 9.17) is 4.74 Å². The molecule has 14 heavy (non-hydrogen) atoms. The number of hydrogen-bond donors (Lipinski definition) is 1. The van der Waals surface area contributed by atoms with E-state index in [0.29, 0.717) is 5.75 Å². The lowest BCUT2D eigenvalue weighted by atomic mass is 9.93. The van der Waals surface area contributed by atoms with Gasteiger partial charge in [0.05, 0.1) is 18.9 Å². The van der Waals surface area contributed by atoms with Gasteiger partial charge in [-0.3, -0.25) is 4.98 Å². The summed E-state index contributed by atoms with van der Waals surface area (Å²) < 4.78 is 5.05. The molecule has 1 N–H and O–H groups in total. The molecule has 1 heterocycles. The largest absolute Gasteiger partial charge is 0.495 e. The molecule has 0 spiro atoms. The maximum atomic E-state index is 10.1. The van der Waals surface area contributed by atoms with Crippen LogP contribution in [-0.2, 0) is 5.60 Å². The first-order chi connectivity index (χ1) is 6.60. The van der Waals surface area contributed by atoms with Gasteiger partial charge in [0, 0.05) is 11.8 Å². The smallest absolute Gasteiger partial charge is 0.137 e. The number of aromatic nitrogens is 1. The molecule has 0 amide bonds. The molecule has 0 aliphatic heterocycles. The molecule has 1 atom stereocenters. The van der Waals surface area contributed by atoms with Crippen LogP contribution >= 0.6 is 0 Å². The van der Waals surface area contributed by atoms with Crippen molar-refractivity contribution in [3.8, 4) is 5.75 Å². The van der Waals surface area contributed by atoms with Crippen molar-refractivity contribution in [1.29, 1.82) is 0 Å². The second-order valence-corrected chi connectivity index (χ2v) is 3.64. The molecule has 0 aromatic carbocycles. The molecule has 1 unspecified atom stereocenters. The third-order valence-electron chi connectivity index (χ3n) is 2.31. The number of ether oxygens (including phenoxy) is 1. The Kier molecular flexibility index (Phi) is 3.47. The van der Waals surface area contributed by atoms with Crippen molar-refractivity contribution in [3.63, 3.8) is 0 Å². The van der Waals surface area contributed by atoms with Crippen LogP contribution in [0.1, 0.15) is 32.3 Å². The zero-order valence-corrected chi connectivity index (χ0v) is 8.95. The van der Waals surface area contributed by atoms with Gasteiger partial charge in [-0.1, -0.05) is 13.3 Å². The van der Waals surface area contributed by atoms with E-state index in [1.54, 1.807) is 26.4 Å². The van der Waals surface area contributed by atoms with Crippen LogP contribution in [0.5, 0.6) is 5.75 Å². The minimum absolute atomic E-state index is 0.680. The van der Waals surface area contributed by atoms with Crippen molar-refractivity contribution >= 4 is 0 Å². The van der Waals surface area contributed by atoms with E-state index >= 15 is 0 Å². The maximum Gasteiger partial charge on any atom is 0.137 e. The van der Waals surface area contributed by atoms with Crippen molar-refractivity contribution < 1.29 is 9.84 Å². The van der Waals surface area contributed by atoms with Crippen molar-refractivity contribution in [3.05, 3.63) is 24.0 Å². The number of nitrogens with zero attached hydrogens (tertiary/aromatic N) is 1. The van der Waals surface area contributed by atoms with Crippen LogP contribution in [0.4, 0.5) is 0 Å². The van der Waals surface area contributed by atoms with Gasteiger partial charge < -0.3 is 9.84 Å². The zero-order valence-electron chi connectivity index (χ0n) is 8.95. The summed E-state index contributed by atoms with van der Waals surface area (Å²) in [4.78, 5) is 4.02. The van der Waals surface area contributed by atoms with E-state index in [1.807, 2.05) is 13.0 Å². The molecule has 0 bridgehead atoms. The summed E-state index contributed by atoms with van der Waals surface area (Å²) in [5.41, 5.74) is -0.00488. The van der Waals surface area contributed by atoms with Crippen LogP contribution in [0, 0.1) is 0 Å². The molecule has 78 valence electrons. The Morgan fingerprint density at radius 1 is 1.50 bits per heavy atom. The molecule has 0 radical (unpaired) electrons. The Morgan fingerprint density at radius 3 is 2.79 bits per heavy atom. The predicted octanol–water partition coefficient (Wildman–Crippen LogP) is 2.10. The van der Waals surface area contributed by atoms with Crippen LogP contribution < -0.4 is 4.74 Å². The van der Waals surface area contributed by atoms with Crippen LogP contribution in [0.3, 0.4) is 0 Å². The summed E-state index contributed by atoms with van der Waals surface area (Å²) in [7, 11) is 1.59. The Bertz CT molecular complexity index is 297. The molecular formula is C11H17NO2. The highest BCUT2D eigenvalue weighted by Crippen LogP contribution is 2.27. The number of rotatable bonds is 4. The van der Waals surface area contributed by atoms with Gasteiger partial charge in [-0.2, -0.15) is 0 Å². The molecule has 3 heteroatoms. The van der Waals surface area contributed by atoms with Gasteiger partial charge in [0.2, 0.25) is 0 Å². The molecule has 1 aromatic rings. The van der Waals surface area contributed by atoms with Crippen LogP contribution in [-0.4, -0.2) is 17.2 Å². The number of hydrogen-bond acceptors (Lipinski definition) is 3. The first kappa shape index (κ1) is 11.0. The maximum absolute atomic E-state index is 10.1. The normalized spacial score (nSPS) is 14.9. The van der Waals surface area contributed by atoms with Gasteiger partial charge in [0.1, 0.15) is 5.75 Å². The molecule has 0 saturated carbocycles. The molecule has 1 aromatic heterocycles. The van der Waals surface area contributed by atoms with E-state index in [9.17, 15) is 5.11 Å². The molecule has 0 aliphatic carbocycles. The van der Waals surface area contributed by atoms with Gasteiger partial charge in [0.25, 0.3) is 0 Å². The Hall–Kier alpha value is -1.09. The topological polar surface area (TPSA) is 42.4 Å². The Balaban J connectivity index is 2.93. The Labute approximate surface area is 84.7 Å². The van der Waals surface area contributed by atoms with E-state index in [2.05, 4.69) is 4.98 Å². The lowest BCUT2D eigenvalue weighted by Gasteiger charge is -2.22. The van der Waals surface area contributed by atoms with E-state index in [1.165, 1.54) is 0 Å². The summed E-state index contributed by atoms with van der Waals surface area (Å²) in [6.07, 6.45) is 4.97. The monoisotopic (exact) mass is 195 g/mol. The highest BCUT2D eigenvalue weighted by molar-refractivity contribution is 5.27. The van der Waals surface area contributed by atoms with Crippen molar-refractivity contribution in [1.82, 2.24) is 4.98 Å². The summed E-state index contributed by atoms with van der Waals surface area (Å²) in [6.45, 7) is 3.84. The molecule has 0 aliphatic rings. The number of methoxy groups -OCH3 is 1. The zero-order chi connectivity index (χ0) is 10.6. The third kappa shape index (κ3) is 2.45. The number of aliphatic hydroxyl groups is 1. The first-order valence-electron chi connectivity index (χ1n) is 4.82. The Morgan fingerprint density at radius 2 is 2.21 bits per heavy atom. The molecule has 1 rings (SSSR count). The molecular weight excluding hydrogens is 178 g/mol. The third-order valence-corrected chi connectivity index (χ3v) is 2.31. The summed E-state index contributed by atoms with van der Waals surface area (Å²) >= 11 is 0. The van der Waals surface area contributed by atoms with Crippen LogP contribution in [0.15, 0.2) is 18.5 Å². The van der Waals surface area contributed by atoms with Crippen LogP contribution in [0.2, 0.25) is 0 Å². The lowest BCUT2D eigenvalue weighted by Crippen LogP contribution is -2.20. The average Bonchev–Trinajstić information content (AvgIpc) is 2.18. The average molecular weight is 195 g/mol. The summed E-state index contributed by atoms with van der Waals surface area (Å²) in [6, 6.07) is 1.82. The predicted molar refractivity (Wildman–Crippen MR) is 55.3 cm³/mol. The first-order valence-corrected chi connectivity index (χ1v) is 4.82. The highest BCUT2D eigenvalue weighted by Gasteiger charge is 2.22. The fourth-order valence-electron chi connectivity index (χ4n) is 1.46.